The second kappa shape index (κ2) is 10.1. The van der Waals surface area contributed by atoms with E-state index in [9.17, 15) is 17.6 Å². The van der Waals surface area contributed by atoms with Crippen LogP contribution >= 0.6 is 11.8 Å². The fraction of sp³-hybridized carbons (Fsp3) is 0.200. The number of carbonyl (C=O) groups is 1. The minimum absolute atomic E-state index is 0.148. The van der Waals surface area contributed by atoms with Crippen molar-refractivity contribution in [3.05, 3.63) is 97.2 Å². The van der Waals surface area contributed by atoms with Crippen molar-refractivity contribution in [1.82, 2.24) is 9.62 Å². The van der Waals surface area contributed by atoms with Crippen LogP contribution in [-0.4, -0.2) is 36.3 Å². The first-order valence-corrected chi connectivity index (χ1v) is 13.0. The minimum atomic E-state index is -3.86. The van der Waals surface area contributed by atoms with Gasteiger partial charge in [-0.2, -0.15) is 4.31 Å². The molecule has 1 N–H and O–H groups in total. The van der Waals surface area contributed by atoms with Crippen molar-refractivity contribution in [2.45, 2.75) is 22.7 Å². The molecule has 5 nitrogen and oxygen atoms in total. The quantitative estimate of drug-likeness (QED) is 0.532. The van der Waals surface area contributed by atoms with E-state index in [-0.39, 0.29) is 17.3 Å². The molecule has 1 aliphatic heterocycles. The third kappa shape index (κ3) is 5.13. The Labute approximate surface area is 198 Å². The highest BCUT2D eigenvalue weighted by atomic mass is 32.2. The summed E-state index contributed by atoms with van der Waals surface area (Å²) in [6, 6.07) is 21.8. The number of sulfonamides is 1. The first kappa shape index (κ1) is 23.5. The van der Waals surface area contributed by atoms with Crippen LogP contribution in [0.25, 0.3) is 11.1 Å². The number of nitrogens with one attached hydrogen (secondary N) is 1. The van der Waals surface area contributed by atoms with Crippen LogP contribution in [-0.2, 0) is 14.8 Å². The van der Waals surface area contributed by atoms with Crippen molar-refractivity contribution in [1.29, 1.82) is 0 Å². The number of benzene rings is 3. The molecule has 2 atom stereocenters. The third-order valence-electron chi connectivity index (χ3n) is 5.52. The molecule has 1 radical (unpaired) electrons. The molecule has 0 aliphatic carbocycles. The molecule has 0 aromatic heterocycles. The fourth-order valence-electron chi connectivity index (χ4n) is 3.75. The summed E-state index contributed by atoms with van der Waals surface area (Å²) in [6.07, 6.45) is 0.350. The number of nitrogens with zero attached hydrogens (tertiary/aromatic N) is 1. The molecule has 1 saturated heterocycles. The first-order chi connectivity index (χ1) is 15.9. The van der Waals surface area contributed by atoms with Gasteiger partial charge in [-0.3, -0.25) is 4.79 Å². The van der Waals surface area contributed by atoms with E-state index in [0.29, 0.717) is 17.7 Å². The Hall–Kier alpha value is -2.68. The maximum atomic E-state index is 13.3. The Kier molecular flexibility index (Phi) is 7.17. The van der Waals surface area contributed by atoms with Gasteiger partial charge in [0.2, 0.25) is 15.9 Å². The predicted octanol–water partition coefficient (Wildman–Crippen LogP) is 4.64. The number of amides is 1. The van der Waals surface area contributed by atoms with Gasteiger partial charge in [0.1, 0.15) is 11.2 Å². The van der Waals surface area contributed by atoms with Gasteiger partial charge in [-0.05, 0) is 47.4 Å². The number of carbonyl (C=O) groups excluding carboxylic acids is 1. The molecule has 1 amide bonds. The van der Waals surface area contributed by atoms with Crippen molar-refractivity contribution in [3.8, 4) is 11.1 Å². The SMILES string of the molecule is [CH2]C[C@H](NC(=O)[C@@H]1SCCN1S(=O)(=O)c1ccc(-c2ccccc2)cc1)c1ccc(F)cc1. The van der Waals surface area contributed by atoms with Crippen LogP contribution in [0.5, 0.6) is 0 Å². The monoisotopic (exact) mass is 483 g/mol. The molecule has 0 spiro atoms. The zero-order chi connectivity index (χ0) is 23.4. The van der Waals surface area contributed by atoms with E-state index in [1.165, 1.54) is 28.2 Å². The summed E-state index contributed by atoms with van der Waals surface area (Å²) in [5.41, 5.74) is 2.63. The zero-order valence-corrected chi connectivity index (χ0v) is 19.5. The summed E-state index contributed by atoms with van der Waals surface area (Å²) >= 11 is 1.28. The van der Waals surface area contributed by atoms with Gasteiger partial charge in [0.05, 0.1) is 10.9 Å². The predicted molar refractivity (Wildman–Crippen MR) is 129 cm³/mol. The van der Waals surface area contributed by atoms with Crippen molar-refractivity contribution in [2.24, 2.45) is 0 Å². The molecule has 4 rings (SSSR count). The Bertz CT molecular complexity index is 1200. The van der Waals surface area contributed by atoms with Gasteiger partial charge in [-0.15, -0.1) is 11.8 Å². The molecule has 0 unspecified atom stereocenters. The average molecular weight is 484 g/mol. The average Bonchev–Trinajstić information content (AvgIpc) is 3.35. The number of halogens is 1. The summed E-state index contributed by atoms with van der Waals surface area (Å²) in [7, 11) is -3.86. The smallest absolute Gasteiger partial charge is 0.249 e. The number of hydrogen-bond donors (Lipinski definition) is 1. The summed E-state index contributed by atoms with van der Waals surface area (Å²) in [6.45, 7) is 4.11. The number of hydrogen-bond acceptors (Lipinski definition) is 4. The van der Waals surface area contributed by atoms with E-state index in [0.717, 1.165) is 11.1 Å². The van der Waals surface area contributed by atoms with Crippen LogP contribution in [0.2, 0.25) is 0 Å². The maximum absolute atomic E-state index is 13.3. The highest BCUT2D eigenvalue weighted by Crippen LogP contribution is 2.32. The summed E-state index contributed by atoms with van der Waals surface area (Å²) < 4.78 is 41.2. The van der Waals surface area contributed by atoms with Gasteiger partial charge in [0.25, 0.3) is 0 Å². The Balaban J connectivity index is 1.51. The lowest BCUT2D eigenvalue weighted by Gasteiger charge is -2.25. The van der Waals surface area contributed by atoms with E-state index in [2.05, 4.69) is 12.2 Å². The molecule has 33 heavy (non-hydrogen) atoms. The van der Waals surface area contributed by atoms with Crippen molar-refractivity contribution >= 4 is 27.7 Å². The van der Waals surface area contributed by atoms with Crippen molar-refractivity contribution < 1.29 is 17.6 Å². The molecule has 3 aromatic carbocycles. The van der Waals surface area contributed by atoms with Crippen LogP contribution in [0.15, 0.2) is 83.8 Å². The van der Waals surface area contributed by atoms with Gasteiger partial charge in [0, 0.05) is 12.3 Å². The second-order valence-electron chi connectivity index (χ2n) is 7.63. The second-order valence-corrected chi connectivity index (χ2v) is 10.7. The molecule has 1 aliphatic rings. The van der Waals surface area contributed by atoms with Crippen LogP contribution in [0.3, 0.4) is 0 Å². The van der Waals surface area contributed by atoms with Crippen LogP contribution in [0, 0.1) is 12.7 Å². The standard InChI is InChI=1S/C25H24FN2O3S2/c1-2-23(20-8-12-21(26)13-9-20)27-24(29)25-28(16-17-32-25)33(30,31)22-14-10-19(11-15-22)18-6-4-3-5-7-18/h3-15,23,25H,1-2,16-17H2,(H,27,29)/t23-,25-/m0/s1. The molecular formula is C25H24FN2O3S2. The molecule has 171 valence electrons. The largest absolute Gasteiger partial charge is 0.347 e. The normalized spacial score (nSPS) is 17.6. The lowest BCUT2D eigenvalue weighted by molar-refractivity contribution is -0.122. The van der Waals surface area contributed by atoms with E-state index >= 15 is 0 Å². The van der Waals surface area contributed by atoms with Crippen LogP contribution in [0.4, 0.5) is 4.39 Å². The summed E-state index contributed by atoms with van der Waals surface area (Å²) in [5, 5.41) is 2.00. The molecule has 0 saturated carbocycles. The molecular weight excluding hydrogens is 459 g/mol. The highest BCUT2D eigenvalue weighted by Gasteiger charge is 2.40. The van der Waals surface area contributed by atoms with Gasteiger partial charge in [0.15, 0.2) is 0 Å². The van der Waals surface area contributed by atoms with E-state index in [1.54, 1.807) is 36.4 Å². The van der Waals surface area contributed by atoms with Gasteiger partial charge in [-0.1, -0.05) is 61.5 Å². The summed E-state index contributed by atoms with van der Waals surface area (Å²) in [4.78, 5) is 13.2. The van der Waals surface area contributed by atoms with Crippen LogP contribution in [0.1, 0.15) is 18.0 Å². The molecule has 3 aromatic rings. The van der Waals surface area contributed by atoms with Gasteiger partial charge < -0.3 is 5.32 Å². The highest BCUT2D eigenvalue weighted by molar-refractivity contribution is 8.02. The molecule has 1 fully saturated rings. The lowest BCUT2D eigenvalue weighted by atomic mass is 10.0. The van der Waals surface area contributed by atoms with Gasteiger partial charge in [-0.25, -0.2) is 12.8 Å². The van der Waals surface area contributed by atoms with Crippen molar-refractivity contribution in [2.75, 3.05) is 12.3 Å². The Morgan fingerprint density at radius 3 is 2.30 bits per heavy atom. The zero-order valence-electron chi connectivity index (χ0n) is 17.9. The minimum Gasteiger partial charge on any atom is -0.347 e. The lowest BCUT2D eigenvalue weighted by Crippen LogP contribution is -2.45. The summed E-state index contributed by atoms with van der Waals surface area (Å²) in [5.74, 6) is -0.250. The topological polar surface area (TPSA) is 66.5 Å². The van der Waals surface area contributed by atoms with E-state index in [1.807, 2.05) is 30.3 Å². The third-order valence-corrected chi connectivity index (χ3v) is 8.73. The van der Waals surface area contributed by atoms with Crippen molar-refractivity contribution in [3.63, 3.8) is 0 Å². The van der Waals surface area contributed by atoms with E-state index < -0.39 is 27.3 Å². The first-order valence-electron chi connectivity index (χ1n) is 10.5. The van der Waals surface area contributed by atoms with E-state index in [4.69, 9.17) is 0 Å². The molecule has 1 heterocycles. The number of rotatable bonds is 7. The Morgan fingerprint density at radius 2 is 1.67 bits per heavy atom. The Morgan fingerprint density at radius 1 is 1.03 bits per heavy atom. The fourth-order valence-corrected chi connectivity index (χ4v) is 6.84. The molecule has 8 heteroatoms. The van der Waals surface area contributed by atoms with Gasteiger partial charge >= 0.3 is 0 Å². The number of thioether (sulfide) groups is 1. The molecule has 0 bridgehead atoms. The van der Waals surface area contributed by atoms with Crippen LogP contribution < -0.4 is 5.32 Å². The maximum Gasteiger partial charge on any atom is 0.249 e.